The van der Waals surface area contributed by atoms with E-state index >= 15 is 0 Å². The fourth-order valence-corrected chi connectivity index (χ4v) is 2.02. The third-order valence-electron chi connectivity index (χ3n) is 2.98. The molecule has 0 spiro atoms. The van der Waals surface area contributed by atoms with Crippen LogP contribution in [0.2, 0.25) is 0 Å². The van der Waals surface area contributed by atoms with Crippen LogP contribution in [0.3, 0.4) is 0 Å². The zero-order valence-corrected chi connectivity index (χ0v) is 9.86. The smallest absolute Gasteiger partial charge is 0.224 e. The van der Waals surface area contributed by atoms with E-state index in [1.807, 2.05) is 24.3 Å². The highest BCUT2D eigenvalue weighted by Crippen LogP contribution is 2.11. The average molecular weight is 230 g/mol. The third-order valence-corrected chi connectivity index (χ3v) is 2.98. The average Bonchev–Trinajstić information content (AvgIpc) is 2.33. The van der Waals surface area contributed by atoms with Crippen molar-refractivity contribution in [1.82, 2.24) is 5.32 Å². The van der Waals surface area contributed by atoms with Gasteiger partial charge in [0.1, 0.15) is 0 Å². The molecule has 1 amide bonds. The minimum atomic E-state index is 0.0927. The van der Waals surface area contributed by atoms with Crippen molar-refractivity contribution in [2.45, 2.75) is 31.7 Å². The van der Waals surface area contributed by atoms with Crippen molar-refractivity contribution in [3.63, 3.8) is 0 Å². The second kappa shape index (κ2) is 5.53. The number of carbonyl (C=O) groups is 1. The van der Waals surface area contributed by atoms with Gasteiger partial charge in [-0.3, -0.25) is 4.79 Å². The van der Waals surface area contributed by atoms with Gasteiger partial charge >= 0.3 is 0 Å². The summed E-state index contributed by atoms with van der Waals surface area (Å²) in [4.78, 5) is 11.8. The van der Waals surface area contributed by atoms with Crippen LogP contribution in [0.25, 0.3) is 0 Å². The fraction of sp³-hybridized carbons (Fsp3) is 0.357. The van der Waals surface area contributed by atoms with Crippen LogP contribution in [-0.2, 0) is 11.2 Å². The van der Waals surface area contributed by atoms with Gasteiger partial charge in [0.15, 0.2) is 0 Å². The maximum absolute atomic E-state index is 11.8. The molecule has 1 aromatic rings. The Labute approximate surface area is 102 Å². The largest absolute Gasteiger partial charge is 0.399 e. The highest BCUT2D eigenvalue weighted by Gasteiger charge is 2.12. The van der Waals surface area contributed by atoms with Crippen LogP contribution >= 0.6 is 0 Å². The summed E-state index contributed by atoms with van der Waals surface area (Å²) in [6, 6.07) is 7.75. The molecule has 0 bridgehead atoms. The number of carbonyl (C=O) groups excluding carboxylic acids is 1. The molecule has 3 nitrogen and oxygen atoms in total. The summed E-state index contributed by atoms with van der Waals surface area (Å²) in [7, 11) is 0. The number of rotatable bonds is 3. The van der Waals surface area contributed by atoms with Gasteiger partial charge in [0.05, 0.1) is 6.42 Å². The number of amides is 1. The molecule has 1 aliphatic rings. The quantitative estimate of drug-likeness (QED) is 0.616. The molecular weight excluding hydrogens is 212 g/mol. The Kier molecular flexibility index (Phi) is 3.81. The van der Waals surface area contributed by atoms with E-state index in [9.17, 15) is 4.79 Å². The summed E-state index contributed by atoms with van der Waals surface area (Å²) in [6.07, 6.45) is 7.80. The highest BCUT2D eigenvalue weighted by atomic mass is 16.1. The number of nitrogens with two attached hydrogens (primary N) is 1. The molecule has 2 rings (SSSR count). The Morgan fingerprint density at radius 3 is 2.71 bits per heavy atom. The van der Waals surface area contributed by atoms with Crippen molar-refractivity contribution in [1.29, 1.82) is 0 Å². The Hall–Kier alpha value is -1.77. The van der Waals surface area contributed by atoms with Crippen molar-refractivity contribution in [3.05, 3.63) is 42.0 Å². The maximum atomic E-state index is 11.8. The van der Waals surface area contributed by atoms with Crippen molar-refractivity contribution in [2.75, 3.05) is 5.73 Å². The van der Waals surface area contributed by atoms with Gasteiger partial charge in [0.2, 0.25) is 5.91 Å². The Bertz CT molecular complexity index is 409. The number of hydrogen-bond donors (Lipinski definition) is 2. The SMILES string of the molecule is Nc1ccc(CC(=O)NC2CC=CCC2)cc1. The third kappa shape index (κ3) is 3.63. The lowest BCUT2D eigenvalue weighted by molar-refractivity contribution is -0.121. The summed E-state index contributed by atoms with van der Waals surface area (Å²) in [5.74, 6) is 0.0927. The van der Waals surface area contributed by atoms with Gasteiger partial charge in [0, 0.05) is 11.7 Å². The molecule has 3 heteroatoms. The minimum Gasteiger partial charge on any atom is -0.399 e. The van der Waals surface area contributed by atoms with Crippen molar-refractivity contribution in [2.24, 2.45) is 0 Å². The van der Waals surface area contributed by atoms with Crippen molar-refractivity contribution in [3.8, 4) is 0 Å². The molecule has 0 saturated heterocycles. The molecule has 90 valence electrons. The van der Waals surface area contributed by atoms with E-state index in [4.69, 9.17) is 5.73 Å². The lowest BCUT2D eigenvalue weighted by atomic mass is 10.0. The van der Waals surface area contributed by atoms with E-state index < -0.39 is 0 Å². The van der Waals surface area contributed by atoms with Gasteiger partial charge in [-0.05, 0) is 37.0 Å². The summed E-state index contributed by atoms with van der Waals surface area (Å²) in [6.45, 7) is 0. The van der Waals surface area contributed by atoms with E-state index in [1.165, 1.54) is 0 Å². The highest BCUT2D eigenvalue weighted by molar-refractivity contribution is 5.79. The van der Waals surface area contributed by atoms with E-state index in [2.05, 4.69) is 17.5 Å². The van der Waals surface area contributed by atoms with Crippen molar-refractivity contribution < 1.29 is 4.79 Å². The molecule has 1 unspecified atom stereocenters. The van der Waals surface area contributed by atoms with E-state index in [0.717, 1.165) is 30.5 Å². The predicted octanol–water partition coefficient (Wildman–Crippen LogP) is 2.04. The first kappa shape index (κ1) is 11.7. The standard InChI is InChI=1S/C14H18N2O/c15-12-8-6-11(7-9-12)10-14(17)16-13-4-2-1-3-5-13/h1-2,6-9,13H,3-5,10,15H2,(H,16,17). The fourth-order valence-electron chi connectivity index (χ4n) is 2.02. The molecule has 0 aliphatic heterocycles. The molecule has 0 heterocycles. The topological polar surface area (TPSA) is 55.1 Å². The second-order valence-electron chi connectivity index (χ2n) is 4.47. The summed E-state index contributed by atoms with van der Waals surface area (Å²) < 4.78 is 0. The number of hydrogen-bond acceptors (Lipinski definition) is 2. The van der Waals surface area contributed by atoms with Gasteiger partial charge < -0.3 is 11.1 Å². The molecule has 0 radical (unpaired) electrons. The van der Waals surface area contributed by atoms with Gasteiger partial charge in [-0.15, -0.1) is 0 Å². The molecule has 1 aromatic carbocycles. The number of nitrogens with one attached hydrogen (secondary N) is 1. The van der Waals surface area contributed by atoms with Gasteiger partial charge in [-0.25, -0.2) is 0 Å². The van der Waals surface area contributed by atoms with Crippen LogP contribution in [-0.4, -0.2) is 11.9 Å². The normalized spacial score (nSPS) is 18.9. The van der Waals surface area contributed by atoms with Crippen LogP contribution < -0.4 is 11.1 Å². The molecule has 0 aromatic heterocycles. The molecule has 1 atom stereocenters. The summed E-state index contributed by atoms with van der Waals surface area (Å²) in [5.41, 5.74) is 7.33. The van der Waals surface area contributed by atoms with E-state index in [1.54, 1.807) is 0 Å². The number of anilines is 1. The van der Waals surface area contributed by atoms with Crippen LogP contribution in [0, 0.1) is 0 Å². The maximum Gasteiger partial charge on any atom is 0.224 e. The van der Waals surface area contributed by atoms with Crippen molar-refractivity contribution >= 4 is 11.6 Å². The Morgan fingerprint density at radius 1 is 1.29 bits per heavy atom. The van der Waals surface area contributed by atoms with E-state index in [-0.39, 0.29) is 5.91 Å². The lowest BCUT2D eigenvalue weighted by Crippen LogP contribution is -2.36. The first-order valence-corrected chi connectivity index (χ1v) is 6.03. The molecule has 3 N–H and O–H groups in total. The molecule has 1 aliphatic carbocycles. The first-order valence-electron chi connectivity index (χ1n) is 6.03. The summed E-state index contributed by atoms with van der Waals surface area (Å²) >= 11 is 0. The van der Waals surface area contributed by atoms with Gasteiger partial charge in [0.25, 0.3) is 0 Å². The Morgan fingerprint density at radius 2 is 2.06 bits per heavy atom. The monoisotopic (exact) mass is 230 g/mol. The van der Waals surface area contributed by atoms with Crippen LogP contribution in [0.5, 0.6) is 0 Å². The molecule has 0 saturated carbocycles. The van der Waals surface area contributed by atoms with Crippen LogP contribution in [0.15, 0.2) is 36.4 Å². The minimum absolute atomic E-state index is 0.0927. The van der Waals surface area contributed by atoms with Crippen LogP contribution in [0.4, 0.5) is 5.69 Å². The van der Waals surface area contributed by atoms with Gasteiger partial charge in [-0.2, -0.15) is 0 Å². The molecular formula is C14H18N2O. The zero-order chi connectivity index (χ0) is 12.1. The van der Waals surface area contributed by atoms with Crippen LogP contribution in [0.1, 0.15) is 24.8 Å². The Balaban J connectivity index is 1.84. The zero-order valence-electron chi connectivity index (χ0n) is 9.86. The summed E-state index contributed by atoms with van der Waals surface area (Å²) in [5, 5.41) is 3.06. The lowest BCUT2D eigenvalue weighted by Gasteiger charge is -2.19. The molecule has 17 heavy (non-hydrogen) atoms. The number of nitrogen functional groups attached to an aromatic ring is 1. The number of allylic oxidation sites excluding steroid dienone is 1. The molecule has 0 fully saturated rings. The second-order valence-corrected chi connectivity index (χ2v) is 4.47. The van der Waals surface area contributed by atoms with Gasteiger partial charge in [-0.1, -0.05) is 24.3 Å². The number of benzene rings is 1. The predicted molar refractivity (Wildman–Crippen MR) is 69.5 cm³/mol. The van der Waals surface area contributed by atoms with E-state index in [0.29, 0.717) is 12.5 Å². The first-order chi connectivity index (χ1) is 8.24.